The van der Waals surface area contributed by atoms with Crippen LogP contribution in [0.1, 0.15) is 32.1 Å². The zero-order valence-electron chi connectivity index (χ0n) is 9.93. The fourth-order valence-corrected chi connectivity index (χ4v) is 3.27. The van der Waals surface area contributed by atoms with E-state index in [1.807, 2.05) is 18.3 Å². The van der Waals surface area contributed by atoms with Gasteiger partial charge in [0.15, 0.2) is 6.29 Å². The first-order valence-electron chi connectivity index (χ1n) is 6.01. The van der Waals surface area contributed by atoms with Crippen LogP contribution in [0.15, 0.2) is 36.2 Å². The molecule has 0 spiro atoms. The van der Waals surface area contributed by atoms with Crippen LogP contribution in [0.25, 0.3) is 6.08 Å². The molecule has 0 amide bonds. The van der Waals surface area contributed by atoms with Crippen molar-refractivity contribution in [3.05, 3.63) is 57.0 Å². The smallest absolute Gasteiger partial charge is 0.160 e. The third kappa shape index (κ3) is 2.27. The van der Waals surface area contributed by atoms with Crippen LogP contribution in [0, 0.1) is 0 Å². The SMILES string of the molecule is O=Cc1cc2c(s1)CCC(Cc1cccnc1)=C2. The Morgan fingerprint density at radius 2 is 2.33 bits per heavy atom. The van der Waals surface area contributed by atoms with Crippen molar-refractivity contribution in [1.82, 2.24) is 4.98 Å². The van der Waals surface area contributed by atoms with E-state index >= 15 is 0 Å². The number of hydrogen-bond acceptors (Lipinski definition) is 3. The third-order valence-corrected chi connectivity index (χ3v) is 4.30. The van der Waals surface area contributed by atoms with E-state index < -0.39 is 0 Å². The Morgan fingerprint density at radius 1 is 1.39 bits per heavy atom. The lowest BCUT2D eigenvalue weighted by Crippen LogP contribution is -1.99. The van der Waals surface area contributed by atoms with Crippen molar-refractivity contribution in [2.75, 3.05) is 0 Å². The second kappa shape index (κ2) is 4.86. The van der Waals surface area contributed by atoms with Crippen molar-refractivity contribution in [3.63, 3.8) is 0 Å². The Labute approximate surface area is 110 Å². The van der Waals surface area contributed by atoms with Gasteiger partial charge in [-0.05, 0) is 42.5 Å². The molecule has 0 radical (unpaired) electrons. The summed E-state index contributed by atoms with van der Waals surface area (Å²) in [6.07, 6.45) is 9.99. The molecule has 2 heterocycles. The molecule has 0 bridgehead atoms. The first-order chi connectivity index (χ1) is 8.85. The monoisotopic (exact) mass is 255 g/mol. The number of nitrogens with zero attached hydrogens (tertiary/aromatic N) is 1. The van der Waals surface area contributed by atoms with E-state index in [2.05, 4.69) is 17.1 Å². The molecule has 1 aliphatic carbocycles. The van der Waals surface area contributed by atoms with Crippen molar-refractivity contribution in [3.8, 4) is 0 Å². The maximum absolute atomic E-state index is 10.8. The second-order valence-corrected chi connectivity index (χ2v) is 5.65. The standard InChI is InChI=1S/C15H13NOS/c17-10-14-8-13-7-11(3-4-15(13)18-14)6-12-2-1-5-16-9-12/h1-2,5,7-10H,3-4,6H2. The van der Waals surface area contributed by atoms with E-state index in [0.29, 0.717) is 0 Å². The van der Waals surface area contributed by atoms with Gasteiger partial charge in [0.05, 0.1) is 4.88 Å². The molecule has 0 aromatic carbocycles. The van der Waals surface area contributed by atoms with Crippen molar-refractivity contribution < 1.29 is 4.79 Å². The predicted molar refractivity (Wildman–Crippen MR) is 73.9 cm³/mol. The molecule has 2 aromatic rings. The number of carbonyl (C=O) groups is 1. The molecule has 90 valence electrons. The van der Waals surface area contributed by atoms with Gasteiger partial charge in [0, 0.05) is 17.3 Å². The van der Waals surface area contributed by atoms with Crippen LogP contribution in [0.4, 0.5) is 0 Å². The lowest BCUT2D eigenvalue weighted by molar-refractivity contribution is 0.112. The fraction of sp³-hybridized carbons (Fsp3) is 0.200. The minimum atomic E-state index is 0.832. The summed E-state index contributed by atoms with van der Waals surface area (Å²) >= 11 is 1.62. The number of allylic oxidation sites excluding steroid dienone is 1. The summed E-state index contributed by atoms with van der Waals surface area (Å²) in [6.45, 7) is 0. The molecule has 2 aromatic heterocycles. The fourth-order valence-electron chi connectivity index (χ4n) is 2.31. The molecule has 0 fully saturated rings. The van der Waals surface area contributed by atoms with Gasteiger partial charge in [-0.1, -0.05) is 17.7 Å². The molecule has 0 saturated heterocycles. The summed E-state index contributed by atoms with van der Waals surface area (Å²) in [5, 5.41) is 0. The van der Waals surface area contributed by atoms with Crippen molar-refractivity contribution >= 4 is 23.7 Å². The summed E-state index contributed by atoms with van der Waals surface area (Å²) in [6, 6.07) is 6.07. The number of aldehydes is 1. The van der Waals surface area contributed by atoms with Crippen LogP contribution in [0.5, 0.6) is 0 Å². The minimum absolute atomic E-state index is 0.832. The van der Waals surface area contributed by atoms with E-state index in [-0.39, 0.29) is 0 Å². The van der Waals surface area contributed by atoms with E-state index in [4.69, 9.17) is 0 Å². The molecule has 0 saturated carbocycles. The second-order valence-electron chi connectivity index (χ2n) is 4.49. The number of aryl methyl sites for hydroxylation is 1. The highest BCUT2D eigenvalue weighted by molar-refractivity contribution is 7.13. The molecular formula is C15H13NOS. The predicted octanol–water partition coefficient (Wildman–Crippen LogP) is 3.53. The van der Waals surface area contributed by atoms with Crippen LogP contribution in [0.2, 0.25) is 0 Å². The van der Waals surface area contributed by atoms with E-state index in [1.165, 1.54) is 21.6 Å². The van der Waals surface area contributed by atoms with Gasteiger partial charge < -0.3 is 0 Å². The summed E-state index contributed by atoms with van der Waals surface area (Å²) in [5.74, 6) is 0. The van der Waals surface area contributed by atoms with Crippen molar-refractivity contribution in [2.24, 2.45) is 0 Å². The van der Waals surface area contributed by atoms with E-state index in [9.17, 15) is 4.79 Å². The number of hydrogen-bond donors (Lipinski definition) is 0. The van der Waals surface area contributed by atoms with Crippen LogP contribution in [0.3, 0.4) is 0 Å². The summed E-state index contributed by atoms with van der Waals surface area (Å²) in [4.78, 5) is 17.1. The lowest BCUT2D eigenvalue weighted by atomic mass is 9.94. The average molecular weight is 255 g/mol. The Balaban J connectivity index is 1.85. The summed E-state index contributed by atoms with van der Waals surface area (Å²) in [5.41, 5.74) is 3.90. The third-order valence-electron chi connectivity index (χ3n) is 3.16. The van der Waals surface area contributed by atoms with Gasteiger partial charge in [0.2, 0.25) is 0 Å². The maximum Gasteiger partial charge on any atom is 0.160 e. The maximum atomic E-state index is 10.8. The van der Waals surface area contributed by atoms with Gasteiger partial charge >= 0.3 is 0 Å². The molecule has 0 N–H and O–H groups in total. The number of aromatic nitrogens is 1. The van der Waals surface area contributed by atoms with Gasteiger partial charge in [-0.15, -0.1) is 11.3 Å². The Morgan fingerprint density at radius 3 is 3.11 bits per heavy atom. The first kappa shape index (κ1) is 11.4. The van der Waals surface area contributed by atoms with Crippen LogP contribution >= 0.6 is 11.3 Å². The van der Waals surface area contributed by atoms with Gasteiger partial charge in [-0.2, -0.15) is 0 Å². The van der Waals surface area contributed by atoms with E-state index in [0.717, 1.165) is 30.4 Å². The lowest BCUT2D eigenvalue weighted by Gasteiger charge is -2.13. The number of carbonyl (C=O) groups excluding carboxylic acids is 1. The van der Waals surface area contributed by atoms with Crippen LogP contribution in [-0.4, -0.2) is 11.3 Å². The molecule has 2 nitrogen and oxygen atoms in total. The molecule has 0 atom stereocenters. The number of fused-ring (bicyclic) bond motifs is 1. The van der Waals surface area contributed by atoms with Gasteiger partial charge in [-0.25, -0.2) is 0 Å². The zero-order chi connectivity index (χ0) is 12.4. The molecule has 0 aliphatic heterocycles. The van der Waals surface area contributed by atoms with Gasteiger partial charge in [-0.3, -0.25) is 9.78 Å². The Bertz CT molecular complexity index is 598. The molecule has 18 heavy (non-hydrogen) atoms. The average Bonchev–Trinajstić information content (AvgIpc) is 2.82. The highest BCUT2D eigenvalue weighted by Gasteiger charge is 2.14. The quantitative estimate of drug-likeness (QED) is 0.785. The number of pyridine rings is 1. The molecular weight excluding hydrogens is 242 g/mol. The van der Waals surface area contributed by atoms with Crippen LogP contribution < -0.4 is 0 Å². The number of thiophene rings is 1. The van der Waals surface area contributed by atoms with Gasteiger partial charge in [0.1, 0.15) is 0 Å². The first-order valence-corrected chi connectivity index (χ1v) is 6.83. The Hall–Kier alpha value is -1.74. The molecule has 1 aliphatic rings. The summed E-state index contributed by atoms with van der Waals surface area (Å²) in [7, 11) is 0. The summed E-state index contributed by atoms with van der Waals surface area (Å²) < 4.78 is 0. The molecule has 3 heteroatoms. The zero-order valence-corrected chi connectivity index (χ0v) is 10.7. The normalized spacial score (nSPS) is 13.9. The van der Waals surface area contributed by atoms with Gasteiger partial charge in [0.25, 0.3) is 0 Å². The van der Waals surface area contributed by atoms with Crippen molar-refractivity contribution in [2.45, 2.75) is 19.3 Å². The minimum Gasteiger partial charge on any atom is -0.297 e. The number of rotatable bonds is 3. The van der Waals surface area contributed by atoms with Crippen LogP contribution in [-0.2, 0) is 12.8 Å². The van der Waals surface area contributed by atoms with Crippen molar-refractivity contribution in [1.29, 1.82) is 0 Å². The molecule has 3 rings (SSSR count). The van der Waals surface area contributed by atoms with E-state index in [1.54, 1.807) is 17.5 Å². The highest BCUT2D eigenvalue weighted by atomic mass is 32.1. The Kier molecular flexibility index (Phi) is 3.07. The largest absolute Gasteiger partial charge is 0.297 e. The molecule has 0 unspecified atom stereocenters. The topological polar surface area (TPSA) is 30.0 Å². The highest BCUT2D eigenvalue weighted by Crippen LogP contribution is 2.31.